The molecule has 1 saturated heterocycles. The van der Waals surface area contributed by atoms with Crippen LogP contribution in [0.2, 0.25) is 0 Å². The molecule has 1 aromatic heterocycles. The maximum Gasteiger partial charge on any atom is 0.240 e. The Morgan fingerprint density at radius 3 is 2.73 bits per heavy atom. The van der Waals surface area contributed by atoms with Crippen LogP contribution in [-0.2, 0) is 9.59 Å². The van der Waals surface area contributed by atoms with E-state index in [9.17, 15) is 9.59 Å². The van der Waals surface area contributed by atoms with Gasteiger partial charge in [0, 0.05) is 18.8 Å². The van der Waals surface area contributed by atoms with Gasteiger partial charge in [0.25, 0.3) is 0 Å². The van der Waals surface area contributed by atoms with Gasteiger partial charge in [-0.15, -0.1) is 0 Å². The molecule has 2 amide bonds. The second-order valence-electron chi connectivity index (χ2n) is 3.09. The van der Waals surface area contributed by atoms with Crippen molar-refractivity contribution >= 4 is 23.6 Å². The summed E-state index contributed by atoms with van der Waals surface area (Å²) in [5.41, 5.74) is 0. The van der Waals surface area contributed by atoms with Gasteiger partial charge < -0.3 is 0 Å². The molecule has 0 spiro atoms. The Labute approximate surface area is 90.7 Å². The number of nitrogens with one attached hydrogen (secondary N) is 1. The molecule has 0 bridgehead atoms. The van der Waals surface area contributed by atoms with E-state index in [0.29, 0.717) is 18.0 Å². The normalized spacial score (nSPS) is 21.2. The van der Waals surface area contributed by atoms with Crippen molar-refractivity contribution in [3.8, 4) is 0 Å². The fourth-order valence-corrected chi connectivity index (χ4v) is 2.16. The van der Waals surface area contributed by atoms with E-state index in [1.807, 2.05) is 0 Å². The van der Waals surface area contributed by atoms with Gasteiger partial charge in [-0.3, -0.25) is 14.9 Å². The predicted molar refractivity (Wildman–Crippen MR) is 54.1 cm³/mol. The molecule has 6 heteroatoms. The van der Waals surface area contributed by atoms with Gasteiger partial charge in [-0.05, 0) is 12.5 Å². The van der Waals surface area contributed by atoms with Crippen LogP contribution in [-0.4, -0.2) is 27.0 Å². The first-order chi connectivity index (χ1) is 7.25. The number of amides is 2. The van der Waals surface area contributed by atoms with Crippen molar-refractivity contribution in [3.05, 3.63) is 18.5 Å². The molecule has 2 heterocycles. The Kier molecular flexibility index (Phi) is 2.96. The molecular formula is C9H9N3O2S. The summed E-state index contributed by atoms with van der Waals surface area (Å²) in [6, 6.07) is 1.72. The minimum Gasteiger partial charge on any atom is -0.295 e. The number of carbonyl (C=O) groups excluding carboxylic acids is 2. The molecule has 78 valence electrons. The average molecular weight is 223 g/mol. The molecule has 2 rings (SSSR count). The van der Waals surface area contributed by atoms with E-state index in [4.69, 9.17) is 0 Å². The van der Waals surface area contributed by atoms with Crippen LogP contribution in [0.3, 0.4) is 0 Å². The fourth-order valence-electron chi connectivity index (χ4n) is 1.26. The summed E-state index contributed by atoms with van der Waals surface area (Å²) in [6.07, 6.45) is 4.19. The predicted octanol–water partition coefficient (Wildman–Crippen LogP) is 0.374. The Balaban J connectivity index is 2.01. The lowest BCUT2D eigenvalue weighted by molar-refractivity contribution is -0.132. The van der Waals surface area contributed by atoms with Crippen LogP contribution in [0.25, 0.3) is 0 Å². The van der Waals surface area contributed by atoms with Crippen molar-refractivity contribution in [2.45, 2.75) is 23.2 Å². The molecule has 0 radical (unpaired) electrons. The summed E-state index contributed by atoms with van der Waals surface area (Å²) in [5, 5.41) is 2.60. The SMILES string of the molecule is O=C1CCC(Sc2ncccn2)C(=O)N1. The summed E-state index contributed by atoms with van der Waals surface area (Å²) in [4.78, 5) is 30.3. The summed E-state index contributed by atoms with van der Waals surface area (Å²) in [6.45, 7) is 0. The number of hydrogen-bond donors (Lipinski definition) is 1. The van der Waals surface area contributed by atoms with Crippen molar-refractivity contribution in [1.82, 2.24) is 15.3 Å². The Hall–Kier alpha value is -1.43. The van der Waals surface area contributed by atoms with Crippen LogP contribution in [0.4, 0.5) is 0 Å². The van der Waals surface area contributed by atoms with E-state index in [1.54, 1.807) is 18.5 Å². The van der Waals surface area contributed by atoms with Crippen LogP contribution < -0.4 is 5.32 Å². The van der Waals surface area contributed by atoms with Crippen molar-refractivity contribution in [2.75, 3.05) is 0 Å². The van der Waals surface area contributed by atoms with Crippen molar-refractivity contribution in [3.63, 3.8) is 0 Å². The van der Waals surface area contributed by atoms with Gasteiger partial charge in [0.2, 0.25) is 11.8 Å². The minimum atomic E-state index is -0.259. The lowest BCUT2D eigenvalue weighted by Gasteiger charge is -2.18. The zero-order chi connectivity index (χ0) is 10.7. The number of hydrogen-bond acceptors (Lipinski definition) is 5. The van der Waals surface area contributed by atoms with Crippen LogP contribution in [0, 0.1) is 0 Å². The summed E-state index contributed by atoms with van der Waals surface area (Å²) in [7, 11) is 0. The van der Waals surface area contributed by atoms with Gasteiger partial charge >= 0.3 is 0 Å². The highest BCUT2D eigenvalue weighted by Crippen LogP contribution is 2.24. The van der Waals surface area contributed by atoms with Gasteiger partial charge in [0.15, 0.2) is 5.16 Å². The van der Waals surface area contributed by atoms with E-state index in [-0.39, 0.29) is 17.1 Å². The molecule has 0 aromatic carbocycles. The van der Waals surface area contributed by atoms with E-state index >= 15 is 0 Å². The highest BCUT2D eigenvalue weighted by molar-refractivity contribution is 8.00. The first-order valence-corrected chi connectivity index (χ1v) is 5.41. The van der Waals surface area contributed by atoms with Crippen molar-refractivity contribution in [2.24, 2.45) is 0 Å². The third kappa shape index (κ3) is 2.53. The molecule has 5 nitrogen and oxygen atoms in total. The molecule has 1 atom stereocenters. The molecule has 0 saturated carbocycles. The highest BCUT2D eigenvalue weighted by Gasteiger charge is 2.27. The number of imide groups is 1. The van der Waals surface area contributed by atoms with E-state index in [1.165, 1.54) is 11.8 Å². The fraction of sp³-hybridized carbons (Fsp3) is 0.333. The smallest absolute Gasteiger partial charge is 0.240 e. The first kappa shape index (κ1) is 10.1. The van der Waals surface area contributed by atoms with Gasteiger partial charge in [-0.1, -0.05) is 11.8 Å². The monoisotopic (exact) mass is 223 g/mol. The number of aromatic nitrogens is 2. The molecule has 1 aliphatic heterocycles. The third-order valence-electron chi connectivity index (χ3n) is 1.98. The van der Waals surface area contributed by atoms with Crippen LogP contribution in [0.15, 0.2) is 23.6 Å². The Morgan fingerprint density at radius 2 is 2.07 bits per heavy atom. The summed E-state index contributed by atoms with van der Waals surface area (Å²) in [5.74, 6) is -0.450. The molecule has 1 unspecified atom stereocenters. The quantitative estimate of drug-likeness (QED) is 0.579. The lowest BCUT2D eigenvalue weighted by atomic mass is 10.1. The zero-order valence-corrected chi connectivity index (χ0v) is 8.66. The maximum atomic E-state index is 11.4. The number of piperidine rings is 1. The number of rotatable bonds is 2. The molecule has 1 fully saturated rings. The average Bonchev–Trinajstić information content (AvgIpc) is 2.24. The molecule has 1 N–H and O–H groups in total. The second-order valence-corrected chi connectivity index (χ2v) is 4.26. The van der Waals surface area contributed by atoms with Crippen molar-refractivity contribution < 1.29 is 9.59 Å². The highest BCUT2D eigenvalue weighted by atomic mass is 32.2. The number of carbonyl (C=O) groups is 2. The number of thioether (sulfide) groups is 1. The molecule has 15 heavy (non-hydrogen) atoms. The topological polar surface area (TPSA) is 72.0 Å². The van der Waals surface area contributed by atoms with Gasteiger partial charge in [-0.25, -0.2) is 9.97 Å². The summed E-state index contributed by atoms with van der Waals surface area (Å²) >= 11 is 1.29. The first-order valence-electron chi connectivity index (χ1n) is 4.53. The zero-order valence-electron chi connectivity index (χ0n) is 7.84. The van der Waals surface area contributed by atoms with E-state index in [0.717, 1.165) is 0 Å². The lowest BCUT2D eigenvalue weighted by Crippen LogP contribution is -2.42. The second kappa shape index (κ2) is 4.39. The van der Waals surface area contributed by atoms with Crippen LogP contribution >= 0.6 is 11.8 Å². The molecule has 0 aliphatic carbocycles. The molecule has 1 aliphatic rings. The maximum absolute atomic E-state index is 11.4. The third-order valence-corrected chi connectivity index (χ3v) is 3.13. The van der Waals surface area contributed by atoms with Gasteiger partial charge in [0.05, 0.1) is 5.25 Å². The van der Waals surface area contributed by atoms with Crippen LogP contribution in [0.5, 0.6) is 0 Å². The van der Waals surface area contributed by atoms with Gasteiger partial charge in [0.1, 0.15) is 0 Å². The summed E-state index contributed by atoms with van der Waals surface area (Å²) < 4.78 is 0. The standard InChI is InChI=1S/C9H9N3O2S/c13-7-3-2-6(8(14)12-7)15-9-10-4-1-5-11-9/h1,4-6H,2-3H2,(H,12,13,14). The van der Waals surface area contributed by atoms with E-state index < -0.39 is 0 Å². The van der Waals surface area contributed by atoms with E-state index in [2.05, 4.69) is 15.3 Å². The van der Waals surface area contributed by atoms with Crippen LogP contribution in [0.1, 0.15) is 12.8 Å². The Bertz CT molecular complexity index is 382. The largest absolute Gasteiger partial charge is 0.295 e. The van der Waals surface area contributed by atoms with Crippen molar-refractivity contribution in [1.29, 1.82) is 0 Å². The molecule has 1 aromatic rings. The Morgan fingerprint density at radius 1 is 1.33 bits per heavy atom. The minimum absolute atomic E-state index is 0.203. The molecular weight excluding hydrogens is 214 g/mol. The van der Waals surface area contributed by atoms with Gasteiger partial charge in [-0.2, -0.15) is 0 Å². The number of nitrogens with zero attached hydrogens (tertiary/aromatic N) is 2.